The first-order valence-corrected chi connectivity index (χ1v) is 6.25. The molecule has 20 heavy (non-hydrogen) atoms. The lowest BCUT2D eigenvalue weighted by molar-refractivity contribution is 0.102. The van der Waals surface area contributed by atoms with Crippen LogP contribution in [0.25, 0.3) is 10.9 Å². The van der Waals surface area contributed by atoms with Crippen molar-refractivity contribution in [3.05, 3.63) is 54.0 Å². The van der Waals surface area contributed by atoms with E-state index in [0.717, 1.165) is 16.6 Å². The molecule has 0 aliphatic carbocycles. The minimum Gasteiger partial charge on any atom is -0.397 e. The third-order valence-corrected chi connectivity index (χ3v) is 3.10. The van der Waals surface area contributed by atoms with Crippen LogP contribution in [0, 0.1) is 6.92 Å². The zero-order chi connectivity index (χ0) is 14.1. The van der Waals surface area contributed by atoms with E-state index < -0.39 is 0 Å². The highest BCUT2D eigenvalue weighted by Gasteiger charge is 2.11. The summed E-state index contributed by atoms with van der Waals surface area (Å²) in [5.74, 6) is -0.216. The summed E-state index contributed by atoms with van der Waals surface area (Å²) in [7, 11) is 0. The number of amides is 1. The molecule has 0 radical (unpaired) electrons. The average molecular weight is 266 g/mol. The summed E-state index contributed by atoms with van der Waals surface area (Å²) in [4.78, 5) is 19.3. The molecule has 3 rings (SSSR count). The molecule has 0 aliphatic rings. The van der Waals surface area contributed by atoms with Crippen molar-refractivity contribution in [1.82, 2.24) is 9.97 Å². The summed E-state index contributed by atoms with van der Waals surface area (Å²) in [6.07, 6.45) is 1.63. The van der Waals surface area contributed by atoms with Gasteiger partial charge in [-0.25, -0.2) is 0 Å². The normalized spacial score (nSPS) is 10.7. The van der Waals surface area contributed by atoms with Gasteiger partial charge < -0.3 is 16.0 Å². The highest BCUT2D eigenvalue weighted by atomic mass is 16.1. The molecule has 5 nitrogen and oxygen atoms in total. The highest BCUT2D eigenvalue weighted by molar-refractivity contribution is 6.07. The van der Waals surface area contributed by atoms with Gasteiger partial charge in [0.2, 0.25) is 0 Å². The zero-order valence-electron chi connectivity index (χ0n) is 11.0. The SMILES string of the molecule is Cc1ccc(NC(=O)c2cc3cccc(N)c3[nH]2)cn1. The first-order chi connectivity index (χ1) is 9.63. The van der Waals surface area contributed by atoms with Crippen molar-refractivity contribution in [3.63, 3.8) is 0 Å². The number of aryl methyl sites for hydroxylation is 1. The fourth-order valence-corrected chi connectivity index (χ4v) is 2.04. The molecule has 100 valence electrons. The first-order valence-electron chi connectivity index (χ1n) is 6.25. The van der Waals surface area contributed by atoms with Crippen LogP contribution in [0.5, 0.6) is 0 Å². The van der Waals surface area contributed by atoms with Crippen LogP contribution in [-0.2, 0) is 0 Å². The number of nitrogens with two attached hydrogens (primary N) is 1. The number of H-pyrrole nitrogens is 1. The Hall–Kier alpha value is -2.82. The van der Waals surface area contributed by atoms with E-state index in [1.54, 1.807) is 18.3 Å². The number of carbonyl (C=O) groups is 1. The summed E-state index contributed by atoms with van der Waals surface area (Å²) in [5.41, 5.74) is 9.30. The molecule has 0 aliphatic heterocycles. The fraction of sp³-hybridized carbons (Fsp3) is 0.0667. The number of anilines is 2. The Balaban J connectivity index is 1.89. The predicted molar refractivity (Wildman–Crippen MR) is 79.6 cm³/mol. The first kappa shape index (κ1) is 12.2. The largest absolute Gasteiger partial charge is 0.397 e. The molecule has 1 aromatic carbocycles. The fourth-order valence-electron chi connectivity index (χ4n) is 2.04. The van der Waals surface area contributed by atoms with Gasteiger partial charge in [-0.1, -0.05) is 12.1 Å². The maximum Gasteiger partial charge on any atom is 0.272 e. The molecule has 2 heterocycles. The van der Waals surface area contributed by atoms with Crippen LogP contribution >= 0.6 is 0 Å². The van der Waals surface area contributed by atoms with Crippen molar-refractivity contribution in [1.29, 1.82) is 0 Å². The average Bonchev–Trinajstić information content (AvgIpc) is 2.87. The number of hydrogen-bond donors (Lipinski definition) is 3. The smallest absolute Gasteiger partial charge is 0.272 e. The van der Waals surface area contributed by atoms with E-state index in [2.05, 4.69) is 15.3 Å². The predicted octanol–water partition coefficient (Wildman–Crippen LogP) is 2.71. The van der Waals surface area contributed by atoms with Crippen LogP contribution in [0.15, 0.2) is 42.6 Å². The number of fused-ring (bicyclic) bond motifs is 1. The van der Waals surface area contributed by atoms with Crippen LogP contribution < -0.4 is 11.1 Å². The number of nitrogens with one attached hydrogen (secondary N) is 2. The summed E-state index contributed by atoms with van der Waals surface area (Å²) >= 11 is 0. The van der Waals surface area contributed by atoms with Gasteiger partial charge >= 0.3 is 0 Å². The van der Waals surface area contributed by atoms with E-state index in [1.807, 2.05) is 31.2 Å². The van der Waals surface area contributed by atoms with Crippen LogP contribution in [0.3, 0.4) is 0 Å². The Morgan fingerprint density at radius 3 is 2.85 bits per heavy atom. The Kier molecular flexibility index (Phi) is 2.87. The van der Waals surface area contributed by atoms with Crippen LogP contribution in [0.4, 0.5) is 11.4 Å². The number of aromatic nitrogens is 2. The quantitative estimate of drug-likeness (QED) is 0.623. The molecule has 1 amide bonds. The lowest BCUT2D eigenvalue weighted by Gasteiger charge is -2.03. The molecule has 0 saturated heterocycles. The van der Waals surface area contributed by atoms with E-state index in [0.29, 0.717) is 17.1 Å². The third kappa shape index (κ3) is 2.21. The summed E-state index contributed by atoms with van der Waals surface area (Å²) < 4.78 is 0. The van der Waals surface area contributed by atoms with E-state index in [-0.39, 0.29) is 5.91 Å². The van der Waals surface area contributed by atoms with Gasteiger partial charge in [0, 0.05) is 11.1 Å². The molecule has 0 bridgehead atoms. The standard InChI is InChI=1S/C15H14N4O/c1-9-5-6-11(8-17-9)18-15(20)13-7-10-3-2-4-12(16)14(10)19-13/h2-8,19H,16H2,1H3,(H,18,20). The molecule has 0 fully saturated rings. The van der Waals surface area contributed by atoms with E-state index in [4.69, 9.17) is 5.73 Å². The number of carbonyl (C=O) groups excluding carboxylic acids is 1. The molecule has 0 spiro atoms. The minimum atomic E-state index is -0.216. The summed E-state index contributed by atoms with van der Waals surface area (Å²) in [6.45, 7) is 1.89. The maximum absolute atomic E-state index is 12.2. The van der Waals surface area contributed by atoms with Gasteiger partial charge in [-0.2, -0.15) is 0 Å². The number of rotatable bonds is 2. The van der Waals surface area contributed by atoms with Crippen LogP contribution in [0.1, 0.15) is 16.2 Å². The monoisotopic (exact) mass is 266 g/mol. The van der Waals surface area contributed by atoms with Crippen molar-refractivity contribution in [2.75, 3.05) is 11.1 Å². The second-order valence-corrected chi connectivity index (χ2v) is 4.64. The molecule has 0 saturated carbocycles. The van der Waals surface area contributed by atoms with Gasteiger partial charge in [-0.05, 0) is 31.2 Å². The Labute approximate surface area is 115 Å². The van der Waals surface area contributed by atoms with Crippen molar-refractivity contribution in [2.45, 2.75) is 6.92 Å². The second-order valence-electron chi connectivity index (χ2n) is 4.64. The summed E-state index contributed by atoms with van der Waals surface area (Å²) in [6, 6.07) is 11.0. The topological polar surface area (TPSA) is 83.8 Å². The number of para-hydroxylation sites is 1. The van der Waals surface area contributed by atoms with Gasteiger partial charge in [-0.3, -0.25) is 9.78 Å². The van der Waals surface area contributed by atoms with E-state index in [9.17, 15) is 4.79 Å². The number of nitrogens with zero attached hydrogens (tertiary/aromatic N) is 1. The number of nitrogen functional groups attached to an aromatic ring is 1. The van der Waals surface area contributed by atoms with Crippen LogP contribution in [0.2, 0.25) is 0 Å². The highest BCUT2D eigenvalue weighted by Crippen LogP contribution is 2.21. The number of hydrogen-bond acceptors (Lipinski definition) is 3. The molecule has 2 aromatic heterocycles. The number of pyridine rings is 1. The Morgan fingerprint density at radius 2 is 2.15 bits per heavy atom. The van der Waals surface area contributed by atoms with Gasteiger partial charge in [0.05, 0.1) is 23.1 Å². The molecule has 0 unspecified atom stereocenters. The van der Waals surface area contributed by atoms with Crippen molar-refractivity contribution < 1.29 is 4.79 Å². The zero-order valence-corrected chi connectivity index (χ0v) is 11.0. The maximum atomic E-state index is 12.2. The number of aromatic amines is 1. The molecular weight excluding hydrogens is 252 g/mol. The van der Waals surface area contributed by atoms with Crippen molar-refractivity contribution in [2.24, 2.45) is 0 Å². The van der Waals surface area contributed by atoms with E-state index >= 15 is 0 Å². The number of benzene rings is 1. The molecular formula is C15H14N4O. The second kappa shape index (κ2) is 4.70. The van der Waals surface area contributed by atoms with Gasteiger partial charge in [0.1, 0.15) is 5.69 Å². The molecule has 0 atom stereocenters. The molecule has 4 N–H and O–H groups in total. The minimum absolute atomic E-state index is 0.216. The Morgan fingerprint density at radius 1 is 1.30 bits per heavy atom. The summed E-state index contributed by atoms with van der Waals surface area (Å²) in [5, 5.41) is 3.71. The van der Waals surface area contributed by atoms with Gasteiger partial charge in [-0.15, -0.1) is 0 Å². The third-order valence-electron chi connectivity index (χ3n) is 3.10. The lowest BCUT2D eigenvalue weighted by atomic mass is 10.2. The van der Waals surface area contributed by atoms with Gasteiger partial charge in [0.25, 0.3) is 5.91 Å². The van der Waals surface area contributed by atoms with Crippen LogP contribution in [-0.4, -0.2) is 15.9 Å². The molecule has 3 aromatic rings. The Bertz CT molecular complexity index is 774. The molecule has 5 heteroatoms. The van der Waals surface area contributed by atoms with Crippen molar-refractivity contribution >= 4 is 28.2 Å². The van der Waals surface area contributed by atoms with Crippen molar-refractivity contribution in [3.8, 4) is 0 Å². The lowest BCUT2D eigenvalue weighted by Crippen LogP contribution is -2.12. The van der Waals surface area contributed by atoms with E-state index in [1.165, 1.54) is 0 Å². The van der Waals surface area contributed by atoms with Gasteiger partial charge in [0.15, 0.2) is 0 Å².